The first-order chi connectivity index (χ1) is 16.0. The van der Waals surface area contributed by atoms with Gasteiger partial charge in [-0.15, -0.1) is 5.10 Å². The molecule has 8 nitrogen and oxygen atoms in total. The van der Waals surface area contributed by atoms with E-state index in [9.17, 15) is 4.79 Å². The third-order valence-corrected chi connectivity index (χ3v) is 4.99. The van der Waals surface area contributed by atoms with Gasteiger partial charge in [-0.25, -0.2) is 4.68 Å². The van der Waals surface area contributed by atoms with Crippen molar-refractivity contribution in [1.82, 2.24) is 14.8 Å². The lowest BCUT2D eigenvalue weighted by atomic mass is 10.1. The molecule has 4 rings (SSSR count). The number of amides is 1. The Kier molecular flexibility index (Phi) is 6.73. The number of carbonyl (C=O) groups excluding carboxylic acids is 1. The maximum Gasteiger partial charge on any atom is 0.336 e. The zero-order valence-corrected chi connectivity index (χ0v) is 18.8. The van der Waals surface area contributed by atoms with E-state index in [1.807, 2.05) is 68.4 Å². The molecule has 0 aliphatic heterocycles. The van der Waals surface area contributed by atoms with Crippen molar-refractivity contribution < 1.29 is 18.7 Å². The average molecular weight is 447 g/mol. The molecule has 170 valence electrons. The second-order valence-electron chi connectivity index (χ2n) is 7.75. The number of furan rings is 1. The number of aromatic nitrogens is 3. The topological polar surface area (TPSA) is 91.4 Å². The molecule has 0 aliphatic rings. The van der Waals surface area contributed by atoms with Crippen LogP contribution >= 0.6 is 0 Å². The number of anilines is 1. The molecule has 1 amide bonds. The highest BCUT2D eigenvalue weighted by Crippen LogP contribution is 2.25. The molecule has 0 saturated carbocycles. The fourth-order valence-electron chi connectivity index (χ4n) is 3.15. The van der Waals surface area contributed by atoms with Crippen LogP contribution in [0.3, 0.4) is 0 Å². The molecule has 1 N–H and O–H groups in total. The van der Waals surface area contributed by atoms with Gasteiger partial charge in [0.25, 0.3) is 0 Å². The van der Waals surface area contributed by atoms with Gasteiger partial charge in [0.1, 0.15) is 5.75 Å². The monoisotopic (exact) mass is 446 g/mol. The Hall–Kier alpha value is -4.07. The molecule has 0 fully saturated rings. The number of carbonyl (C=O) groups is 1. The van der Waals surface area contributed by atoms with Crippen LogP contribution in [0.4, 0.5) is 5.69 Å². The van der Waals surface area contributed by atoms with Crippen molar-refractivity contribution in [1.29, 1.82) is 0 Å². The van der Waals surface area contributed by atoms with Crippen molar-refractivity contribution in [2.24, 2.45) is 5.92 Å². The molecule has 2 heterocycles. The van der Waals surface area contributed by atoms with E-state index in [-0.39, 0.29) is 17.8 Å². The molecule has 0 spiro atoms. The summed E-state index contributed by atoms with van der Waals surface area (Å²) in [6.07, 6.45) is 2.28. The normalized spacial score (nSPS) is 10.9. The predicted molar refractivity (Wildman–Crippen MR) is 125 cm³/mol. The lowest BCUT2D eigenvalue weighted by molar-refractivity contribution is -0.118. The van der Waals surface area contributed by atoms with E-state index in [0.29, 0.717) is 30.3 Å². The Bertz CT molecular complexity index is 1200. The Balaban J connectivity index is 1.54. The van der Waals surface area contributed by atoms with Gasteiger partial charge in [0.05, 0.1) is 25.7 Å². The minimum atomic E-state index is -0.121. The van der Waals surface area contributed by atoms with E-state index < -0.39 is 0 Å². The molecule has 0 atom stereocenters. The highest BCUT2D eigenvalue weighted by molar-refractivity contribution is 5.92. The summed E-state index contributed by atoms with van der Waals surface area (Å²) >= 11 is 0. The fourth-order valence-corrected chi connectivity index (χ4v) is 3.15. The molecular weight excluding hydrogens is 420 g/mol. The van der Waals surface area contributed by atoms with Gasteiger partial charge in [-0.2, -0.15) is 4.98 Å². The zero-order valence-electron chi connectivity index (χ0n) is 18.8. The van der Waals surface area contributed by atoms with E-state index in [2.05, 4.69) is 15.4 Å². The van der Waals surface area contributed by atoms with Gasteiger partial charge in [-0.3, -0.25) is 4.79 Å². The Morgan fingerprint density at radius 2 is 1.94 bits per heavy atom. The summed E-state index contributed by atoms with van der Waals surface area (Å²) < 4.78 is 18.2. The third kappa shape index (κ3) is 5.41. The van der Waals surface area contributed by atoms with E-state index >= 15 is 0 Å². The first-order valence-electron chi connectivity index (χ1n) is 10.7. The van der Waals surface area contributed by atoms with Gasteiger partial charge in [0.2, 0.25) is 11.7 Å². The van der Waals surface area contributed by atoms with Gasteiger partial charge >= 0.3 is 6.01 Å². The Labute approximate surface area is 192 Å². The molecule has 33 heavy (non-hydrogen) atoms. The standard InChI is InChI=1S/C25H26N4O4/c1-17(2)24(30)26-19-6-4-7-20(16-19)29-23(22-8-5-14-32-22)27-25(28-29)33-15-13-18-9-11-21(31-3)12-10-18/h4-12,14,16-17H,13,15H2,1-3H3,(H,26,30). The van der Waals surface area contributed by atoms with Crippen LogP contribution in [0.5, 0.6) is 11.8 Å². The summed E-state index contributed by atoms with van der Waals surface area (Å²) in [5.41, 5.74) is 2.52. The molecule has 0 radical (unpaired) electrons. The summed E-state index contributed by atoms with van der Waals surface area (Å²) in [7, 11) is 1.64. The van der Waals surface area contributed by atoms with E-state index in [1.54, 1.807) is 24.1 Å². The number of hydrogen-bond donors (Lipinski definition) is 1. The third-order valence-electron chi connectivity index (χ3n) is 4.99. The summed E-state index contributed by atoms with van der Waals surface area (Å²) in [6, 6.07) is 19.1. The van der Waals surface area contributed by atoms with Crippen LogP contribution < -0.4 is 14.8 Å². The molecule has 0 unspecified atom stereocenters. The van der Waals surface area contributed by atoms with E-state index in [4.69, 9.17) is 13.9 Å². The minimum Gasteiger partial charge on any atom is -0.497 e. The first-order valence-corrected chi connectivity index (χ1v) is 10.7. The van der Waals surface area contributed by atoms with Crippen molar-refractivity contribution in [2.75, 3.05) is 19.0 Å². The maximum absolute atomic E-state index is 12.1. The highest BCUT2D eigenvalue weighted by Gasteiger charge is 2.17. The SMILES string of the molecule is COc1ccc(CCOc2nc(-c3ccco3)n(-c3cccc(NC(=O)C(C)C)c3)n2)cc1. The van der Waals surface area contributed by atoms with Crippen LogP contribution in [0.1, 0.15) is 19.4 Å². The van der Waals surface area contributed by atoms with Gasteiger partial charge in [-0.1, -0.05) is 32.0 Å². The molecule has 0 saturated heterocycles. The fraction of sp³-hybridized carbons (Fsp3) is 0.240. The zero-order chi connectivity index (χ0) is 23.2. The van der Waals surface area contributed by atoms with Crippen LogP contribution in [0, 0.1) is 5.92 Å². The van der Waals surface area contributed by atoms with Gasteiger partial charge in [-0.05, 0) is 48.0 Å². The predicted octanol–water partition coefficient (Wildman–Crippen LogP) is 4.75. The molecule has 0 aliphatic carbocycles. The molecule has 0 bridgehead atoms. The van der Waals surface area contributed by atoms with Crippen LogP contribution in [-0.4, -0.2) is 34.4 Å². The number of benzene rings is 2. The summed E-state index contributed by atoms with van der Waals surface area (Å²) in [5.74, 6) is 1.70. The molecular formula is C25H26N4O4. The largest absolute Gasteiger partial charge is 0.497 e. The minimum absolute atomic E-state index is 0.0560. The molecule has 2 aromatic carbocycles. The van der Waals surface area contributed by atoms with Crippen molar-refractivity contribution in [3.8, 4) is 29.0 Å². The summed E-state index contributed by atoms with van der Waals surface area (Å²) in [6.45, 7) is 4.11. The van der Waals surface area contributed by atoms with Gasteiger partial charge in [0.15, 0.2) is 5.76 Å². The Morgan fingerprint density at radius 3 is 2.64 bits per heavy atom. The Morgan fingerprint density at radius 1 is 1.12 bits per heavy atom. The smallest absolute Gasteiger partial charge is 0.336 e. The number of methoxy groups -OCH3 is 1. The van der Waals surface area contributed by atoms with Crippen molar-refractivity contribution in [2.45, 2.75) is 20.3 Å². The number of hydrogen-bond acceptors (Lipinski definition) is 6. The highest BCUT2D eigenvalue weighted by atomic mass is 16.5. The molecule has 8 heteroatoms. The van der Waals surface area contributed by atoms with Crippen molar-refractivity contribution in [3.63, 3.8) is 0 Å². The van der Waals surface area contributed by atoms with E-state index in [0.717, 1.165) is 17.0 Å². The quantitative estimate of drug-likeness (QED) is 0.399. The average Bonchev–Trinajstić information content (AvgIpc) is 3.50. The second-order valence-corrected chi connectivity index (χ2v) is 7.75. The summed E-state index contributed by atoms with van der Waals surface area (Å²) in [5, 5.41) is 7.45. The van der Waals surface area contributed by atoms with Crippen LogP contribution in [0.25, 0.3) is 17.3 Å². The van der Waals surface area contributed by atoms with Crippen molar-refractivity contribution in [3.05, 3.63) is 72.5 Å². The van der Waals surface area contributed by atoms with Crippen LogP contribution in [-0.2, 0) is 11.2 Å². The number of ether oxygens (including phenoxy) is 2. The number of nitrogens with zero attached hydrogens (tertiary/aromatic N) is 3. The van der Waals surface area contributed by atoms with E-state index in [1.165, 1.54) is 0 Å². The molecule has 4 aromatic rings. The maximum atomic E-state index is 12.1. The number of rotatable bonds is 9. The summed E-state index contributed by atoms with van der Waals surface area (Å²) in [4.78, 5) is 16.6. The lowest BCUT2D eigenvalue weighted by Gasteiger charge is -2.10. The van der Waals surface area contributed by atoms with Crippen molar-refractivity contribution >= 4 is 11.6 Å². The lowest BCUT2D eigenvalue weighted by Crippen LogP contribution is -2.17. The first kappa shape index (κ1) is 22.1. The number of nitrogens with one attached hydrogen (secondary N) is 1. The second kappa shape index (κ2) is 10.0. The van der Waals surface area contributed by atoms with Crippen LogP contribution in [0.15, 0.2) is 71.3 Å². The molecule has 2 aromatic heterocycles. The van der Waals surface area contributed by atoms with Gasteiger partial charge in [0, 0.05) is 18.0 Å². The van der Waals surface area contributed by atoms with Crippen LogP contribution in [0.2, 0.25) is 0 Å². The van der Waals surface area contributed by atoms with Gasteiger partial charge < -0.3 is 19.2 Å².